The molecule has 1 aromatic heterocycles. The Morgan fingerprint density at radius 3 is 2.76 bits per heavy atom. The summed E-state index contributed by atoms with van der Waals surface area (Å²) in [5.74, 6) is 0.0295. The summed E-state index contributed by atoms with van der Waals surface area (Å²) in [6.45, 7) is 2.47. The maximum Gasteiger partial charge on any atom is 0.224 e. The number of carbonyl (C=O) groups is 1. The lowest BCUT2D eigenvalue weighted by atomic mass is 10.1. The number of benzene rings is 1. The fourth-order valence-corrected chi connectivity index (χ4v) is 2.13. The normalized spacial score (nSPS) is 10.2. The Hall–Kier alpha value is -1.68. The van der Waals surface area contributed by atoms with Crippen LogP contribution in [0.5, 0.6) is 0 Å². The predicted molar refractivity (Wildman–Crippen MR) is 68.8 cm³/mol. The second-order valence-corrected chi connectivity index (χ2v) is 4.86. The summed E-state index contributed by atoms with van der Waals surface area (Å²) in [6.07, 6.45) is 0.421. The second-order valence-electron chi connectivity index (χ2n) is 3.80. The molecule has 0 aliphatic rings. The van der Waals surface area contributed by atoms with Crippen LogP contribution in [0.4, 0.5) is 0 Å². The zero-order valence-corrected chi connectivity index (χ0v) is 10.5. The van der Waals surface area contributed by atoms with Crippen LogP contribution in [0, 0.1) is 6.92 Å². The minimum atomic E-state index is 0.0295. The van der Waals surface area contributed by atoms with Gasteiger partial charge < -0.3 is 5.32 Å². The van der Waals surface area contributed by atoms with Crippen LogP contribution >= 0.6 is 11.3 Å². The third kappa shape index (κ3) is 3.67. The lowest BCUT2D eigenvalue weighted by molar-refractivity contribution is -0.120. The van der Waals surface area contributed by atoms with Gasteiger partial charge in [0.15, 0.2) is 0 Å². The van der Waals surface area contributed by atoms with E-state index < -0.39 is 0 Å². The summed E-state index contributed by atoms with van der Waals surface area (Å²) in [5, 5.41) is 5.86. The maximum atomic E-state index is 11.7. The molecule has 0 unspecified atom stereocenters. The van der Waals surface area contributed by atoms with Crippen LogP contribution in [0.15, 0.2) is 35.7 Å². The molecule has 1 heterocycles. The lowest BCUT2D eigenvalue weighted by Gasteiger charge is -2.03. The van der Waals surface area contributed by atoms with Crippen molar-refractivity contribution in [3.05, 3.63) is 52.0 Å². The third-order valence-corrected chi connectivity index (χ3v) is 3.16. The van der Waals surface area contributed by atoms with Gasteiger partial charge in [0.05, 0.1) is 23.7 Å². The van der Waals surface area contributed by atoms with Crippen molar-refractivity contribution in [2.45, 2.75) is 19.9 Å². The molecule has 2 aromatic rings. The summed E-state index contributed by atoms with van der Waals surface area (Å²) < 4.78 is 0. The first kappa shape index (κ1) is 11.8. The first-order valence-electron chi connectivity index (χ1n) is 5.45. The van der Waals surface area contributed by atoms with Gasteiger partial charge in [-0.25, -0.2) is 4.98 Å². The number of rotatable bonds is 4. The van der Waals surface area contributed by atoms with E-state index in [1.54, 1.807) is 11.3 Å². The number of hydrogen-bond donors (Lipinski definition) is 1. The molecule has 0 atom stereocenters. The molecule has 0 aliphatic heterocycles. The Morgan fingerprint density at radius 2 is 2.12 bits per heavy atom. The molecule has 0 aliphatic carbocycles. The summed E-state index contributed by atoms with van der Waals surface area (Å²) >= 11 is 1.60. The first-order valence-corrected chi connectivity index (χ1v) is 6.33. The molecule has 0 saturated heterocycles. The number of aromatic nitrogens is 1. The number of nitrogens with one attached hydrogen (secondary N) is 1. The van der Waals surface area contributed by atoms with Crippen LogP contribution in [0.3, 0.4) is 0 Å². The molecule has 0 bridgehead atoms. The van der Waals surface area contributed by atoms with E-state index >= 15 is 0 Å². The molecule has 1 amide bonds. The van der Waals surface area contributed by atoms with Crippen molar-refractivity contribution < 1.29 is 4.79 Å². The highest BCUT2D eigenvalue weighted by atomic mass is 32.1. The number of carbonyl (C=O) groups excluding carboxylic acids is 1. The summed E-state index contributed by atoms with van der Waals surface area (Å²) in [6, 6.07) is 9.72. The highest BCUT2D eigenvalue weighted by Crippen LogP contribution is 2.07. The Kier molecular flexibility index (Phi) is 3.88. The van der Waals surface area contributed by atoms with Crippen molar-refractivity contribution in [1.29, 1.82) is 0 Å². The average molecular weight is 246 g/mol. The molecule has 88 valence electrons. The van der Waals surface area contributed by atoms with E-state index in [1.165, 1.54) is 0 Å². The Labute approximate surface area is 105 Å². The second kappa shape index (κ2) is 5.59. The van der Waals surface area contributed by atoms with Gasteiger partial charge >= 0.3 is 0 Å². The quantitative estimate of drug-likeness (QED) is 0.899. The molecular weight excluding hydrogens is 232 g/mol. The highest BCUT2D eigenvalue weighted by Gasteiger charge is 2.04. The van der Waals surface area contributed by atoms with E-state index in [4.69, 9.17) is 0 Å². The molecule has 1 aromatic carbocycles. The number of aryl methyl sites for hydroxylation is 1. The van der Waals surface area contributed by atoms with Crippen LogP contribution in [-0.4, -0.2) is 10.9 Å². The van der Waals surface area contributed by atoms with Crippen LogP contribution in [-0.2, 0) is 17.8 Å². The Balaban J connectivity index is 1.82. The van der Waals surface area contributed by atoms with E-state index in [0.717, 1.165) is 16.3 Å². The van der Waals surface area contributed by atoms with Crippen LogP contribution < -0.4 is 5.32 Å². The van der Waals surface area contributed by atoms with E-state index in [2.05, 4.69) is 10.3 Å². The maximum absolute atomic E-state index is 11.7. The molecular formula is C13H14N2OS. The van der Waals surface area contributed by atoms with Gasteiger partial charge in [0, 0.05) is 5.38 Å². The molecule has 1 N–H and O–H groups in total. The van der Waals surface area contributed by atoms with Crippen molar-refractivity contribution in [2.24, 2.45) is 0 Å². The molecule has 0 radical (unpaired) electrons. The molecule has 17 heavy (non-hydrogen) atoms. The lowest BCUT2D eigenvalue weighted by Crippen LogP contribution is -2.24. The van der Waals surface area contributed by atoms with Gasteiger partial charge in [-0.1, -0.05) is 30.3 Å². The number of nitrogens with zero attached hydrogens (tertiary/aromatic N) is 1. The fraction of sp³-hybridized carbons (Fsp3) is 0.231. The highest BCUT2D eigenvalue weighted by molar-refractivity contribution is 7.09. The zero-order chi connectivity index (χ0) is 12.1. The van der Waals surface area contributed by atoms with Crippen LogP contribution in [0.2, 0.25) is 0 Å². The predicted octanol–water partition coefficient (Wildman–Crippen LogP) is 2.31. The van der Waals surface area contributed by atoms with Gasteiger partial charge in [-0.15, -0.1) is 11.3 Å². The first-order chi connectivity index (χ1) is 8.24. The minimum absolute atomic E-state index is 0.0295. The molecule has 2 rings (SSSR count). The topological polar surface area (TPSA) is 42.0 Å². The van der Waals surface area contributed by atoms with Crippen molar-refractivity contribution in [2.75, 3.05) is 0 Å². The molecule has 0 saturated carbocycles. The monoisotopic (exact) mass is 246 g/mol. The Bertz CT molecular complexity index is 493. The van der Waals surface area contributed by atoms with Crippen LogP contribution in [0.25, 0.3) is 0 Å². The summed E-state index contributed by atoms with van der Waals surface area (Å²) in [5.41, 5.74) is 1.95. The van der Waals surface area contributed by atoms with Crippen molar-refractivity contribution in [1.82, 2.24) is 10.3 Å². The minimum Gasteiger partial charge on any atom is -0.350 e. The van der Waals surface area contributed by atoms with Gasteiger partial charge in [-0.05, 0) is 12.5 Å². The third-order valence-electron chi connectivity index (χ3n) is 2.34. The van der Waals surface area contributed by atoms with Gasteiger partial charge in [-0.2, -0.15) is 0 Å². The molecule has 3 nitrogen and oxygen atoms in total. The van der Waals surface area contributed by atoms with E-state index in [-0.39, 0.29) is 5.91 Å². The Morgan fingerprint density at radius 1 is 1.35 bits per heavy atom. The zero-order valence-electron chi connectivity index (χ0n) is 9.64. The van der Waals surface area contributed by atoms with Gasteiger partial charge in [-0.3, -0.25) is 4.79 Å². The average Bonchev–Trinajstić information content (AvgIpc) is 2.74. The van der Waals surface area contributed by atoms with E-state index in [0.29, 0.717) is 13.0 Å². The smallest absolute Gasteiger partial charge is 0.224 e. The van der Waals surface area contributed by atoms with Gasteiger partial charge in [0.25, 0.3) is 0 Å². The number of hydrogen-bond acceptors (Lipinski definition) is 3. The van der Waals surface area contributed by atoms with Crippen molar-refractivity contribution in [3.63, 3.8) is 0 Å². The van der Waals surface area contributed by atoms with E-state index in [1.807, 2.05) is 42.6 Å². The van der Waals surface area contributed by atoms with Gasteiger partial charge in [0.1, 0.15) is 0 Å². The fourth-order valence-electron chi connectivity index (χ4n) is 1.52. The number of thiazole rings is 1. The number of amides is 1. The van der Waals surface area contributed by atoms with Crippen molar-refractivity contribution in [3.8, 4) is 0 Å². The molecule has 0 fully saturated rings. The largest absolute Gasteiger partial charge is 0.350 e. The van der Waals surface area contributed by atoms with Gasteiger partial charge in [0.2, 0.25) is 5.91 Å². The van der Waals surface area contributed by atoms with E-state index in [9.17, 15) is 4.79 Å². The SMILES string of the molecule is Cc1nc(CNC(=O)Cc2ccccc2)cs1. The van der Waals surface area contributed by atoms with Crippen LogP contribution in [0.1, 0.15) is 16.3 Å². The summed E-state index contributed by atoms with van der Waals surface area (Å²) in [7, 11) is 0. The summed E-state index contributed by atoms with van der Waals surface area (Å²) in [4.78, 5) is 16.0. The molecule has 4 heteroatoms. The standard InChI is InChI=1S/C13H14N2OS/c1-10-15-12(9-17-10)8-14-13(16)7-11-5-3-2-4-6-11/h2-6,9H,7-8H2,1H3,(H,14,16). The van der Waals surface area contributed by atoms with Crippen molar-refractivity contribution >= 4 is 17.2 Å². The molecule has 0 spiro atoms.